The SMILES string of the molecule is CC(=O)SCCC(=O)NC[C@@H](C)OP(=O)(C(C)(C)C)C(C)(C)C. The van der Waals surface area contributed by atoms with Crippen LogP contribution in [0.25, 0.3) is 0 Å². The normalized spacial score (nSPS) is 14.4. The van der Waals surface area contributed by atoms with Gasteiger partial charge in [-0.15, -0.1) is 0 Å². The summed E-state index contributed by atoms with van der Waals surface area (Å²) < 4.78 is 19.3. The Morgan fingerprint density at radius 2 is 1.61 bits per heavy atom. The summed E-state index contributed by atoms with van der Waals surface area (Å²) in [5.41, 5.74) is 0. The monoisotopic (exact) mass is 365 g/mol. The van der Waals surface area contributed by atoms with E-state index >= 15 is 0 Å². The van der Waals surface area contributed by atoms with Gasteiger partial charge in [-0.1, -0.05) is 53.3 Å². The molecule has 1 atom stereocenters. The minimum Gasteiger partial charge on any atom is -0.353 e. The Morgan fingerprint density at radius 3 is 2.00 bits per heavy atom. The Balaban J connectivity index is 4.57. The molecule has 0 fully saturated rings. The van der Waals surface area contributed by atoms with Crippen molar-refractivity contribution in [3.63, 3.8) is 0 Å². The summed E-state index contributed by atoms with van der Waals surface area (Å²) in [6.45, 7) is 15.1. The highest BCUT2D eigenvalue weighted by atomic mass is 32.2. The number of rotatable bonds is 7. The van der Waals surface area contributed by atoms with Crippen LogP contribution in [-0.4, -0.2) is 39.7 Å². The summed E-state index contributed by atoms with van der Waals surface area (Å²) in [6, 6.07) is 0. The van der Waals surface area contributed by atoms with Gasteiger partial charge in [0, 0.05) is 36.0 Å². The molecule has 0 saturated carbocycles. The van der Waals surface area contributed by atoms with Crippen LogP contribution in [0.1, 0.15) is 61.8 Å². The number of thioether (sulfide) groups is 1. The molecule has 0 saturated heterocycles. The summed E-state index contributed by atoms with van der Waals surface area (Å²) in [6.07, 6.45) is -0.0589. The molecule has 5 nitrogen and oxygen atoms in total. The van der Waals surface area contributed by atoms with E-state index in [0.717, 1.165) is 11.8 Å². The number of hydrogen-bond acceptors (Lipinski definition) is 5. The molecule has 0 aromatic heterocycles. The van der Waals surface area contributed by atoms with Gasteiger partial charge in [-0.2, -0.15) is 0 Å². The zero-order valence-corrected chi connectivity index (χ0v) is 17.4. The average Bonchev–Trinajstić information content (AvgIpc) is 2.33. The zero-order chi connectivity index (χ0) is 18.5. The average molecular weight is 365 g/mol. The Bertz CT molecular complexity index is 448. The highest BCUT2D eigenvalue weighted by Crippen LogP contribution is 2.68. The maximum absolute atomic E-state index is 13.4. The van der Waals surface area contributed by atoms with Gasteiger partial charge in [0.2, 0.25) is 13.3 Å². The van der Waals surface area contributed by atoms with Crippen LogP contribution in [0.4, 0.5) is 0 Å². The van der Waals surface area contributed by atoms with Crippen molar-refractivity contribution in [2.75, 3.05) is 12.3 Å². The number of amides is 1. The molecule has 1 N–H and O–H groups in total. The van der Waals surface area contributed by atoms with E-state index in [0.29, 0.717) is 12.3 Å². The van der Waals surface area contributed by atoms with Gasteiger partial charge in [0.25, 0.3) is 0 Å². The molecule has 0 bridgehead atoms. The van der Waals surface area contributed by atoms with Crippen molar-refractivity contribution in [3.8, 4) is 0 Å². The highest BCUT2D eigenvalue weighted by molar-refractivity contribution is 8.13. The van der Waals surface area contributed by atoms with Crippen LogP contribution in [0.2, 0.25) is 0 Å². The Kier molecular flexibility index (Phi) is 8.56. The second kappa shape index (κ2) is 8.68. The zero-order valence-electron chi connectivity index (χ0n) is 15.7. The largest absolute Gasteiger partial charge is 0.353 e. The fourth-order valence-corrected chi connectivity index (χ4v) is 6.05. The lowest BCUT2D eigenvalue weighted by atomic mass is 10.2. The van der Waals surface area contributed by atoms with E-state index in [-0.39, 0.29) is 23.5 Å². The van der Waals surface area contributed by atoms with Crippen LogP contribution in [0.5, 0.6) is 0 Å². The Morgan fingerprint density at radius 1 is 1.13 bits per heavy atom. The topological polar surface area (TPSA) is 72.5 Å². The molecule has 23 heavy (non-hydrogen) atoms. The lowest BCUT2D eigenvalue weighted by molar-refractivity contribution is -0.121. The van der Waals surface area contributed by atoms with Gasteiger partial charge in [0.05, 0.1) is 6.10 Å². The highest BCUT2D eigenvalue weighted by Gasteiger charge is 2.48. The first-order chi connectivity index (χ1) is 10.2. The van der Waals surface area contributed by atoms with Crippen LogP contribution in [-0.2, 0) is 18.7 Å². The molecule has 0 aliphatic heterocycles. The molecule has 0 unspecified atom stereocenters. The molecule has 1 amide bonds. The van der Waals surface area contributed by atoms with Crippen molar-refractivity contribution in [1.82, 2.24) is 5.32 Å². The number of hydrogen-bond donors (Lipinski definition) is 1. The van der Waals surface area contributed by atoms with Crippen molar-refractivity contribution in [3.05, 3.63) is 0 Å². The van der Waals surface area contributed by atoms with Crippen LogP contribution in [0, 0.1) is 0 Å². The molecular formula is C16H32NO4PS. The molecule has 0 aromatic rings. The molecular weight excluding hydrogens is 333 g/mol. The van der Waals surface area contributed by atoms with Gasteiger partial charge in [-0.25, -0.2) is 0 Å². The minimum atomic E-state index is -2.94. The Hall–Kier alpha value is -0.320. The van der Waals surface area contributed by atoms with Gasteiger partial charge in [0.1, 0.15) is 0 Å². The lowest BCUT2D eigenvalue weighted by Gasteiger charge is -2.41. The first-order valence-electron chi connectivity index (χ1n) is 7.89. The molecule has 0 aromatic carbocycles. The van der Waals surface area contributed by atoms with Crippen molar-refractivity contribution >= 4 is 30.2 Å². The van der Waals surface area contributed by atoms with E-state index in [1.165, 1.54) is 6.92 Å². The van der Waals surface area contributed by atoms with Crippen LogP contribution < -0.4 is 5.32 Å². The van der Waals surface area contributed by atoms with Gasteiger partial charge < -0.3 is 9.84 Å². The Labute approximate surface area is 145 Å². The summed E-state index contributed by atoms with van der Waals surface area (Å²) in [4.78, 5) is 22.5. The molecule has 7 heteroatoms. The first kappa shape index (κ1) is 22.7. The third kappa shape index (κ3) is 7.40. The number of carbonyl (C=O) groups is 2. The van der Waals surface area contributed by atoms with Gasteiger partial charge in [0.15, 0.2) is 5.12 Å². The quantitative estimate of drug-likeness (QED) is 0.689. The maximum atomic E-state index is 13.4. The fraction of sp³-hybridized carbons (Fsp3) is 0.875. The first-order valence-corrected chi connectivity index (χ1v) is 10.5. The van der Waals surface area contributed by atoms with Gasteiger partial charge in [-0.3, -0.25) is 14.2 Å². The molecule has 136 valence electrons. The predicted molar refractivity (Wildman–Crippen MR) is 98.4 cm³/mol. The van der Waals surface area contributed by atoms with Crippen molar-refractivity contribution in [2.24, 2.45) is 0 Å². The van der Waals surface area contributed by atoms with E-state index in [1.807, 2.05) is 48.5 Å². The predicted octanol–water partition coefficient (Wildman–Crippen LogP) is 4.05. The fourth-order valence-electron chi connectivity index (χ4n) is 2.25. The smallest absolute Gasteiger partial charge is 0.220 e. The van der Waals surface area contributed by atoms with E-state index in [1.54, 1.807) is 0 Å². The summed E-state index contributed by atoms with van der Waals surface area (Å²) in [5, 5.41) is 1.84. The van der Waals surface area contributed by atoms with Crippen LogP contribution >= 0.6 is 19.1 Å². The second-order valence-corrected chi connectivity index (χ2v) is 13.0. The van der Waals surface area contributed by atoms with Crippen molar-refractivity contribution < 1.29 is 18.7 Å². The third-order valence-electron chi connectivity index (χ3n) is 3.32. The van der Waals surface area contributed by atoms with Crippen LogP contribution in [0.15, 0.2) is 0 Å². The van der Waals surface area contributed by atoms with Gasteiger partial charge >= 0.3 is 0 Å². The summed E-state index contributed by atoms with van der Waals surface area (Å²) >= 11 is 1.14. The van der Waals surface area contributed by atoms with Gasteiger partial charge in [-0.05, 0) is 6.92 Å². The van der Waals surface area contributed by atoms with E-state index in [9.17, 15) is 14.2 Å². The van der Waals surface area contributed by atoms with E-state index in [2.05, 4.69) is 5.32 Å². The standard InChI is InChI=1S/C16H32NO4PS/c1-12(11-17-14(19)9-10-23-13(2)18)21-22(20,15(3,4)5)16(6,7)8/h12H,9-11H2,1-8H3,(H,17,19)/t12-/m1/s1. The molecule has 0 radical (unpaired) electrons. The molecule has 0 spiro atoms. The number of carbonyl (C=O) groups excluding carboxylic acids is 2. The van der Waals surface area contributed by atoms with E-state index < -0.39 is 17.7 Å². The number of nitrogens with one attached hydrogen (secondary N) is 1. The summed E-state index contributed by atoms with van der Waals surface area (Å²) in [7, 11) is -2.94. The summed E-state index contributed by atoms with van der Waals surface area (Å²) in [5.74, 6) is 0.342. The molecule has 0 heterocycles. The third-order valence-corrected chi connectivity index (χ3v) is 8.32. The van der Waals surface area contributed by atoms with Crippen molar-refractivity contribution in [2.45, 2.75) is 78.2 Å². The molecule has 0 rings (SSSR count). The van der Waals surface area contributed by atoms with E-state index in [4.69, 9.17) is 4.52 Å². The minimum absolute atomic E-state index is 0.00537. The van der Waals surface area contributed by atoms with Crippen LogP contribution in [0.3, 0.4) is 0 Å². The molecule has 0 aliphatic rings. The second-order valence-electron chi connectivity index (χ2n) is 7.70. The maximum Gasteiger partial charge on any atom is 0.220 e. The molecule has 0 aliphatic carbocycles. The lowest BCUT2D eigenvalue weighted by Crippen LogP contribution is -2.36. The van der Waals surface area contributed by atoms with Crippen molar-refractivity contribution in [1.29, 1.82) is 0 Å².